The van der Waals surface area contributed by atoms with Crippen molar-refractivity contribution < 1.29 is 37.4 Å². The van der Waals surface area contributed by atoms with Crippen LogP contribution in [0.5, 0.6) is 0 Å². The lowest BCUT2D eigenvalue weighted by atomic mass is 9.89. The van der Waals surface area contributed by atoms with E-state index in [1.54, 1.807) is 18.2 Å². The lowest BCUT2D eigenvalue weighted by Crippen LogP contribution is -2.27. The van der Waals surface area contributed by atoms with E-state index in [-0.39, 0.29) is 29.6 Å². The number of esters is 3. The van der Waals surface area contributed by atoms with Crippen LogP contribution in [0.2, 0.25) is 0 Å². The molecule has 1 fully saturated rings. The lowest BCUT2D eigenvalue weighted by Gasteiger charge is -2.24. The van der Waals surface area contributed by atoms with Crippen LogP contribution in [0, 0.1) is 23.5 Å². The van der Waals surface area contributed by atoms with Crippen molar-refractivity contribution in [2.45, 2.75) is 57.3 Å². The van der Waals surface area contributed by atoms with E-state index in [1.807, 2.05) is 6.92 Å². The van der Waals surface area contributed by atoms with E-state index in [1.165, 1.54) is 66.8 Å². The summed E-state index contributed by atoms with van der Waals surface area (Å²) in [6.45, 7) is 1.84. The van der Waals surface area contributed by atoms with Crippen LogP contribution in [0.15, 0.2) is 85.0 Å². The van der Waals surface area contributed by atoms with Gasteiger partial charge in [0.1, 0.15) is 23.8 Å². The van der Waals surface area contributed by atoms with Gasteiger partial charge < -0.3 is 14.2 Å². The van der Waals surface area contributed by atoms with Crippen molar-refractivity contribution in [3.05, 3.63) is 108 Å². The number of carbonyl (C=O) groups excluding carboxylic acids is 3. The lowest BCUT2D eigenvalue weighted by molar-refractivity contribution is -0.146. The number of allylic oxidation sites excluding steroid dienone is 2. The Kier molecular flexibility index (Phi) is 11.0. The first kappa shape index (κ1) is 30.6. The Morgan fingerprint density at radius 2 is 1.45 bits per heavy atom. The number of carbonyl (C=O) groups is 3. The van der Waals surface area contributed by atoms with Gasteiger partial charge in [0.2, 0.25) is 0 Å². The average Bonchev–Trinajstić information content (AvgIpc) is 3.36. The van der Waals surface area contributed by atoms with Crippen LogP contribution in [-0.4, -0.2) is 36.2 Å². The standard InChI is InChI=1S/C34H34F2O6/c1-23-5-3-2-4-6-26-21-29(41-33(38)18-11-24-7-13-27(35)14-8-24)22-30(26)31(17-20-32(37)40-23)42-34(39)19-12-25-9-15-28(36)16-10-25/h4,6-20,23,26,29-31H,2-3,5,21-22H2,1H3/b6-4+,18-11+,19-12+,20-17?/t23-,26+,29-,30+,31+/m0/s1. The summed E-state index contributed by atoms with van der Waals surface area (Å²) in [4.78, 5) is 37.9. The zero-order valence-electron chi connectivity index (χ0n) is 23.4. The number of ether oxygens (including phenoxy) is 3. The van der Waals surface area contributed by atoms with Gasteiger partial charge in [-0.05, 0) is 98.6 Å². The van der Waals surface area contributed by atoms with E-state index in [2.05, 4.69) is 12.2 Å². The second-order valence-electron chi connectivity index (χ2n) is 10.5. The summed E-state index contributed by atoms with van der Waals surface area (Å²) >= 11 is 0. The molecule has 1 saturated carbocycles. The zero-order chi connectivity index (χ0) is 29.9. The number of hydrogen-bond donors (Lipinski definition) is 0. The van der Waals surface area contributed by atoms with Gasteiger partial charge >= 0.3 is 17.9 Å². The third kappa shape index (κ3) is 9.65. The minimum atomic E-state index is -0.799. The van der Waals surface area contributed by atoms with E-state index in [0.717, 1.165) is 12.8 Å². The molecule has 0 bridgehead atoms. The van der Waals surface area contributed by atoms with Gasteiger partial charge in [0, 0.05) is 24.1 Å². The number of fused-ring (bicyclic) bond motifs is 1. The quantitative estimate of drug-likeness (QED) is 0.164. The van der Waals surface area contributed by atoms with Crippen molar-refractivity contribution in [3.8, 4) is 0 Å². The topological polar surface area (TPSA) is 78.9 Å². The fourth-order valence-corrected chi connectivity index (χ4v) is 5.13. The predicted octanol–water partition coefficient (Wildman–Crippen LogP) is 6.77. The Bertz CT molecular complexity index is 1340. The molecule has 42 heavy (non-hydrogen) atoms. The van der Waals surface area contributed by atoms with E-state index in [4.69, 9.17) is 14.2 Å². The Morgan fingerprint density at radius 1 is 0.857 bits per heavy atom. The summed E-state index contributed by atoms with van der Waals surface area (Å²) in [5.41, 5.74) is 1.28. The molecular formula is C34H34F2O6. The first-order chi connectivity index (χ1) is 20.2. The number of benzene rings is 2. The molecule has 0 N–H and O–H groups in total. The van der Waals surface area contributed by atoms with Gasteiger partial charge in [0.05, 0.1) is 6.10 Å². The van der Waals surface area contributed by atoms with Crippen molar-refractivity contribution in [2.24, 2.45) is 11.8 Å². The summed E-state index contributed by atoms with van der Waals surface area (Å²) in [6, 6.07) is 11.4. The highest BCUT2D eigenvalue weighted by Crippen LogP contribution is 2.39. The van der Waals surface area contributed by atoms with Gasteiger partial charge in [0.15, 0.2) is 0 Å². The molecule has 0 radical (unpaired) electrons. The van der Waals surface area contributed by atoms with E-state index >= 15 is 0 Å². The maximum Gasteiger partial charge on any atom is 0.331 e. The van der Waals surface area contributed by atoms with Crippen LogP contribution in [0.3, 0.4) is 0 Å². The number of hydrogen-bond acceptors (Lipinski definition) is 6. The molecule has 0 aromatic heterocycles. The first-order valence-electron chi connectivity index (χ1n) is 14.1. The Hall–Kier alpha value is -4.33. The second kappa shape index (κ2) is 15.1. The molecule has 2 aliphatic rings. The van der Waals surface area contributed by atoms with Crippen LogP contribution in [-0.2, 0) is 28.6 Å². The molecule has 0 unspecified atom stereocenters. The molecular weight excluding hydrogens is 542 g/mol. The SMILES string of the molecule is C[C@H]1CCC/C=C/[C@@H]2C[C@H](OC(=O)/C=C/c3ccc(F)cc3)C[C@H]2[C@H](OC(=O)/C=C/c2ccc(F)cc2)C=CC(=O)O1. The van der Waals surface area contributed by atoms with Crippen LogP contribution in [0.25, 0.3) is 12.2 Å². The zero-order valence-corrected chi connectivity index (χ0v) is 23.4. The Morgan fingerprint density at radius 3 is 2.07 bits per heavy atom. The fourth-order valence-electron chi connectivity index (χ4n) is 5.13. The summed E-state index contributed by atoms with van der Waals surface area (Å²) in [7, 11) is 0. The minimum absolute atomic E-state index is 0.0818. The summed E-state index contributed by atoms with van der Waals surface area (Å²) in [5, 5.41) is 0. The molecule has 1 aliphatic carbocycles. The van der Waals surface area contributed by atoms with Crippen molar-refractivity contribution in [3.63, 3.8) is 0 Å². The highest BCUT2D eigenvalue weighted by Gasteiger charge is 2.40. The fraction of sp³-hybridized carbons (Fsp3) is 0.324. The van der Waals surface area contributed by atoms with Crippen LogP contribution in [0.1, 0.15) is 50.2 Å². The number of rotatable bonds is 6. The predicted molar refractivity (Wildman–Crippen MR) is 155 cm³/mol. The van der Waals surface area contributed by atoms with Crippen LogP contribution in [0.4, 0.5) is 8.78 Å². The van der Waals surface area contributed by atoms with E-state index in [9.17, 15) is 23.2 Å². The summed E-state index contributed by atoms with van der Waals surface area (Å²) < 4.78 is 43.4. The molecule has 0 amide bonds. The van der Waals surface area contributed by atoms with E-state index in [0.29, 0.717) is 30.4 Å². The van der Waals surface area contributed by atoms with Gasteiger partial charge in [-0.25, -0.2) is 23.2 Å². The van der Waals surface area contributed by atoms with Gasteiger partial charge in [-0.3, -0.25) is 0 Å². The molecule has 2 aromatic carbocycles. The highest BCUT2D eigenvalue weighted by atomic mass is 19.1. The molecule has 1 aliphatic heterocycles. The average molecular weight is 577 g/mol. The van der Waals surface area contributed by atoms with Crippen molar-refractivity contribution >= 4 is 30.1 Å². The first-order valence-corrected chi connectivity index (χ1v) is 14.1. The van der Waals surface area contributed by atoms with Gasteiger partial charge in [-0.2, -0.15) is 0 Å². The maximum atomic E-state index is 13.2. The molecule has 5 atom stereocenters. The molecule has 0 spiro atoms. The molecule has 8 heteroatoms. The van der Waals surface area contributed by atoms with E-state index < -0.39 is 30.1 Å². The minimum Gasteiger partial charge on any atom is -0.460 e. The van der Waals surface area contributed by atoms with Gasteiger partial charge in [-0.1, -0.05) is 36.4 Å². The maximum absolute atomic E-state index is 13.2. The smallest absolute Gasteiger partial charge is 0.331 e. The van der Waals surface area contributed by atoms with Crippen molar-refractivity contribution in [2.75, 3.05) is 0 Å². The number of cyclic esters (lactones) is 1. The van der Waals surface area contributed by atoms with Gasteiger partial charge in [-0.15, -0.1) is 0 Å². The normalized spacial score (nSPS) is 25.6. The molecule has 0 saturated heterocycles. The van der Waals surface area contributed by atoms with Crippen molar-refractivity contribution in [1.82, 2.24) is 0 Å². The monoisotopic (exact) mass is 576 g/mol. The second-order valence-corrected chi connectivity index (χ2v) is 10.5. The Balaban J connectivity index is 1.50. The molecule has 1 heterocycles. The number of halogens is 2. The third-order valence-corrected chi connectivity index (χ3v) is 7.24. The van der Waals surface area contributed by atoms with Crippen LogP contribution >= 0.6 is 0 Å². The Labute approximate surface area is 244 Å². The van der Waals surface area contributed by atoms with Crippen LogP contribution < -0.4 is 0 Å². The third-order valence-electron chi connectivity index (χ3n) is 7.24. The highest BCUT2D eigenvalue weighted by molar-refractivity contribution is 5.88. The van der Waals surface area contributed by atoms with Gasteiger partial charge in [0.25, 0.3) is 0 Å². The molecule has 4 rings (SSSR count). The summed E-state index contributed by atoms with van der Waals surface area (Å²) in [5.74, 6) is -2.80. The van der Waals surface area contributed by atoms with Crippen molar-refractivity contribution in [1.29, 1.82) is 0 Å². The summed E-state index contributed by atoms with van der Waals surface area (Å²) in [6.07, 6.45) is 14.3. The molecule has 220 valence electrons. The largest absolute Gasteiger partial charge is 0.460 e. The molecule has 6 nitrogen and oxygen atoms in total. The molecule has 2 aromatic rings.